The van der Waals surface area contributed by atoms with Crippen molar-refractivity contribution in [3.8, 4) is 0 Å². The zero-order chi connectivity index (χ0) is 56.4. The molecular formula is C72H139NO5. The van der Waals surface area contributed by atoms with Gasteiger partial charge in [-0.25, -0.2) is 0 Å². The Morgan fingerprint density at radius 3 is 0.910 bits per heavy atom. The fourth-order valence-corrected chi connectivity index (χ4v) is 11.3. The van der Waals surface area contributed by atoms with E-state index in [1.807, 2.05) is 0 Å². The van der Waals surface area contributed by atoms with Gasteiger partial charge in [-0.3, -0.25) is 9.59 Å². The van der Waals surface area contributed by atoms with E-state index in [1.54, 1.807) is 0 Å². The Hall–Kier alpha value is -1.66. The number of ether oxygens (including phenoxy) is 1. The van der Waals surface area contributed by atoms with Gasteiger partial charge in [0.2, 0.25) is 5.91 Å². The van der Waals surface area contributed by atoms with Gasteiger partial charge in [0.25, 0.3) is 0 Å². The number of aliphatic hydroxyl groups excluding tert-OH is 2. The zero-order valence-electron chi connectivity index (χ0n) is 52.9. The molecule has 0 fully saturated rings. The summed E-state index contributed by atoms with van der Waals surface area (Å²) in [6, 6.07) is -0.541. The van der Waals surface area contributed by atoms with Crippen LogP contribution in [0.5, 0.6) is 0 Å². The summed E-state index contributed by atoms with van der Waals surface area (Å²) in [6.07, 6.45) is 85.1. The Labute approximate surface area is 488 Å². The summed E-state index contributed by atoms with van der Waals surface area (Å²) in [4.78, 5) is 24.6. The Morgan fingerprint density at radius 1 is 0.346 bits per heavy atom. The van der Waals surface area contributed by atoms with Crippen LogP contribution in [0.15, 0.2) is 24.3 Å². The van der Waals surface area contributed by atoms with Crippen molar-refractivity contribution in [1.29, 1.82) is 0 Å². The number of esters is 1. The van der Waals surface area contributed by atoms with Crippen molar-refractivity contribution in [1.82, 2.24) is 5.32 Å². The number of carbonyl (C=O) groups is 2. The van der Waals surface area contributed by atoms with Gasteiger partial charge >= 0.3 is 5.97 Å². The summed E-state index contributed by atoms with van der Waals surface area (Å²) >= 11 is 0. The minimum atomic E-state index is -0.664. The van der Waals surface area contributed by atoms with Crippen LogP contribution in [-0.4, -0.2) is 47.4 Å². The first-order valence-corrected chi connectivity index (χ1v) is 35.6. The van der Waals surface area contributed by atoms with Crippen LogP contribution in [0, 0.1) is 0 Å². The van der Waals surface area contributed by atoms with E-state index in [1.165, 1.54) is 321 Å². The van der Waals surface area contributed by atoms with E-state index in [4.69, 9.17) is 4.74 Å². The highest BCUT2D eigenvalue weighted by Crippen LogP contribution is 2.19. The lowest BCUT2D eigenvalue weighted by Crippen LogP contribution is -2.45. The number of hydrogen-bond donors (Lipinski definition) is 3. The fourth-order valence-electron chi connectivity index (χ4n) is 11.3. The number of rotatable bonds is 67. The SMILES string of the molecule is CCCCCCC/C=C\CCCCCCCC(=O)OCCCCCCCCCCCCCC/C=C\CCCCCCCCCCCCCCCC(=O)NC(CO)C(O)CCCCCCCCCCCCCCCCCCCC. The van der Waals surface area contributed by atoms with E-state index in [-0.39, 0.29) is 18.5 Å². The van der Waals surface area contributed by atoms with Gasteiger partial charge in [0.05, 0.1) is 25.4 Å². The molecule has 0 spiro atoms. The van der Waals surface area contributed by atoms with Crippen LogP contribution in [0.4, 0.5) is 0 Å². The van der Waals surface area contributed by atoms with Crippen molar-refractivity contribution < 1.29 is 24.5 Å². The topological polar surface area (TPSA) is 95.9 Å². The van der Waals surface area contributed by atoms with Gasteiger partial charge in [-0.2, -0.15) is 0 Å². The number of unbranched alkanes of at least 4 members (excludes halogenated alkanes) is 52. The number of allylic oxidation sites excluding steroid dienone is 4. The summed E-state index contributed by atoms with van der Waals surface area (Å²) in [5.41, 5.74) is 0. The van der Waals surface area contributed by atoms with Crippen LogP contribution in [0.25, 0.3) is 0 Å². The summed E-state index contributed by atoms with van der Waals surface area (Å²) < 4.78 is 5.49. The van der Waals surface area contributed by atoms with Crippen molar-refractivity contribution in [3.63, 3.8) is 0 Å². The first kappa shape index (κ1) is 76.3. The number of carbonyl (C=O) groups excluding carboxylic acids is 2. The monoisotopic (exact) mass is 1100 g/mol. The highest BCUT2D eigenvalue weighted by atomic mass is 16.5. The minimum absolute atomic E-state index is 0.00862. The molecule has 1 amide bonds. The molecule has 3 N–H and O–H groups in total. The lowest BCUT2D eigenvalue weighted by atomic mass is 10.0. The first-order chi connectivity index (χ1) is 38.5. The molecule has 0 aromatic rings. The molecule has 0 rings (SSSR count). The fraction of sp³-hybridized carbons (Fsp3) is 0.917. The maximum atomic E-state index is 12.5. The lowest BCUT2D eigenvalue weighted by molar-refractivity contribution is -0.143. The molecule has 6 nitrogen and oxygen atoms in total. The van der Waals surface area contributed by atoms with E-state index >= 15 is 0 Å². The van der Waals surface area contributed by atoms with Gasteiger partial charge in [-0.15, -0.1) is 0 Å². The van der Waals surface area contributed by atoms with Gasteiger partial charge in [0.15, 0.2) is 0 Å². The van der Waals surface area contributed by atoms with Crippen LogP contribution in [0.3, 0.4) is 0 Å². The zero-order valence-corrected chi connectivity index (χ0v) is 52.9. The van der Waals surface area contributed by atoms with Crippen LogP contribution in [0.1, 0.15) is 399 Å². The average Bonchev–Trinajstić information content (AvgIpc) is 3.44. The van der Waals surface area contributed by atoms with E-state index < -0.39 is 12.1 Å². The van der Waals surface area contributed by atoms with Crippen molar-refractivity contribution in [2.24, 2.45) is 0 Å². The summed E-state index contributed by atoms with van der Waals surface area (Å²) in [5.74, 6) is -0.0217. The van der Waals surface area contributed by atoms with Crippen LogP contribution >= 0.6 is 0 Å². The van der Waals surface area contributed by atoms with E-state index in [9.17, 15) is 19.8 Å². The van der Waals surface area contributed by atoms with Crippen LogP contribution < -0.4 is 5.32 Å². The smallest absolute Gasteiger partial charge is 0.305 e. The third kappa shape index (κ3) is 63.5. The predicted molar refractivity (Wildman–Crippen MR) is 343 cm³/mol. The lowest BCUT2D eigenvalue weighted by Gasteiger charge is -2.22. The molecule has 78 heavy (non-hydrogen) atoms. The summed E-state index contributed by atoms with van der Waals surface area (Å²) in [5, 5.41) is 23.4. The Kier molecular flexibility index (Phi) is 66.4. The third-order valence-electron chi connectivity index (χ3n) is 16.7. The normalized spacial score (nSPS) is 12.6. The molecule has 462 valence electrons. The molecule has 0 radical (unpaired) electrons. The van der Waals surface area contributed by atoms with Gasteiger partial charge in [0.1, 0.15) is 0 Å². The molecule has 0 heterocycles. The standard InChI is InChI=1S/C72H139NO5/c1-3-5-7-9-11-13-15-17-19-20-34-37-40-44-48-52-56-60-64-70(75)69(68-74)73-71(76)65-61-57-53-49-45-41-38-35-32-30-28-26-24-22-21-23-25-27-29-31-33-36-39-43-47-51-55-59-63-67-78-72(77)66-62-58-54-50-46-42-18-16-14-12-10-8-6-4-2/h16,18,21,23,69-70,74-75H,3-15,17,19-20,22,24-68H2,1-2H3,(H,73,76)/b18-16-,23-21-. The first-order valence-electron chi connectivity index (χ1n) is 35.6. The van der Waals surface area contributed by atoms with E-state index in [0.29, 0.717) is 25.9 Å². The number of nitrogens with one attached hydrogen (secondary N) is 1. The molecule has 0 aliphatic rings. The molecule has 6 heteroatoms. The average molecular weight is 1100 g/mol. The Bertz CT molecular complexity index is 1220. The molecular weight excluding hydrogens is 959 g/mol. The van der Waals surface area contributed by atoms with Gasteiger partial charge < -0.3 is 20.3 Å². The predicted octanol–water partition coefficient (Wildman–Crippen LogP) is 22.9. The maximum absolute atomic E-state index is 12.5. The van der Waals surface area contributed by atoms with Crippen LogP contribution in [-0.2, 0) is 14.3 Å². The molecule has 0 aromatic heterocycles. The van der Waals surface area contributed by atoms with Crippen molar-refractivity contribution >= 4 is 11.9 Å². The molecule has 0 aliphatic carbocycles. The molecule has 2 unspecified atom stereocenters. The molecule has 0 aliphatic heterocycles. The molecule has 0 saturated heterocycles. The van der Waals surface area contributed by atoms with Gasteiger partial charge in [-0.1, -0.05) is 334 Å². The highest BCUT2D eigenvalue weighted by molar-refractivity contribution is 5.76. The second-order valence-corrected chi connectivity index (χ2v) is 24.6. The third-order valence-corrected chi connectivity index (χ3v) is 16.7. The number of aliphatic hydroxyl groups is 2. The van der Waals surface area contributed by atoms with E-state index in [2.05, 4.69) is 43.5 Å². The quantitative estimate of drug-likeness (QED) is 0.0320. The summed E-state index contributed by atoms with van der Waals surface area (Å²) in [7, 11) is 0. The molecule has 2 atom stereocenters. The van der Waals surface area contributed by atoms with E-state index in [0.717, 1.165) is 44.9 Å². The Balaban J connectivity index is 3.37. The van der Waals surface area contributed by atoms with Crippen LogP contribution in [0.2, 0.25) is 0 Å². The largest absolute Gasteiger partial charge is 0.466 e. The molecule has 0 aromatic carbocycles. The van der Waals surface area contributed by atoms with Gasteiger partial charge in [0, 0.05) is 12.8 Å². The number of hydrogen-bond acceptors (Lipinski definition) is 5. The molecule has 0 bridgehead atoms. The Morgan fingerprint density at radius 2 is 0.603 bits per heavy atom. The van der Waals surface area contributed by atoms with Crippen molar-refractivity contribution in [2.75, 3.05) is 13.2 Å². The highest BCUT2D eigenvalue weighted by Gasteiger charge is 2.20. The van der Waals surface area contributed by atoms with Gasteiger partial charge in [-0.05, 0) is 77.0 Å². The second-order valence-electron chi connectivity index (χ2n) is 24.6. The summed E-state index contributed by atoms with van der Waals surface area (Å²) in [6.45, 7) is 4.98. The maximum Gasteiger partial charge on any atom is 0.305 e. The minimum Gasteiger partial charge on any atom is -0.466 e. The molecule has 0 saturated carbocycles. The second kappa shape index (κ2) is 67.8. The number of amides is 1. The van der Waals surface area contributed by atoms with Crippen molar-refractivity contribution in [3.05, 3.63) is 24.3 Å². The van der Waals surface area contributed by atoms with Crippen molar-refractivity contribution in [2.45, 2.75) is 411 Å².